The summed E-state index contributed by atoms with van der Waals surface area (Å²) in [5.41, 5.74) is 4.17. The van der Waals surface area contributed by atoms with Crippen molar-refractivity contribution in [2.75, 3.05) is 31.1 Å². The van der Waals surface area contributed by atoms with E-state index < -0.39 is 6.10 Å². The zero-order chi connectivity index (χ0) is 25.3. The summed E-state index contributed by atoms with van der Waals surface area (Å²) in [6.45, 7) is 10.5. The van der Waals surface area contributed by atoms with Crippen LogP contribution in [0.15, 0.2) is 65.2 Å². The molecule has 3 aromatic rings. The molecule has 1 aliphatic rings. The number of ether oxygens (including phenoxy) is 1. The lowest BCUT2D eigenvalue weighted by Gasteiger charge is -2.34. The van der Waals surface area contributed by atoms with Crippen LogP contribution in [0.2, 0.25) is 0 Å². The molecule has 0 radical (unpaired) electrons. The first kappa shape index (κ1) is 26.4. The van der Waals surface area contributed by atoms with Crippen molar-refractivity contribution in [2.24, 2.45) is 5.92 Å². The van der Waals surface area contributed by atoms with Gasteiger partial charge < -0.3 is 19.3 Å². The molecule has 1 saturated heterocycles. The largest absolute Gasteiger partial charge is 0.389 e. The molecular formula is C30H41N3O3. The zero-order valence-corrected chi connectivity index (χ0v) is 22.0. The number of aliphatic hydroxyl groups excluding tert-OH is 1. The van der Waals surface area contributed by atoms with Crippen LogP contribution in [0.4, 0.5) is 5.88 Å². The minimum atomic E-state index is -0.579. The van der Waals surface area contributed by atoms with Crippen LogP contribution in [0.3, 0.4) is 0 Å². The van der Waals surface area contributed by atoms with Gasteiger partial charge in [-0.1, -0.05) is 79.7 Å². The monoisotopic (exact) mass is 491 g/mol. The van der Waals surface area contributed by atoms with Gasteiger partial charge in [-0.3, -0.25) is 4.90 Å². The molecule has 2 atom stereocenters. The minimum Gasteiger partial charge on any atom is -0.389 e. The van der Waals surface area contributed by atoms with Crippen LogP contribution in [0, 0.1) is 5.92 Å². The number of anilines is 1. The van der Waals surface area contributed by atoms with Gasteiger partial charge in [0.15, 0.2) is 0 Å². The average Bonchev–Trinajstić information content (AvgIpc) is 3.28. The molecule has 1 aliphatic heterocycles. The maximum absolute atomic E-state index is 10.9. The smallest absolute Gasteiger partial charge is 0.232 e. The molecule has 6 nitrogen and oxygen atoms in total. The van der Waals surface area contributed by atoms with Crippen LogP contribution in [-0.2, 0) is 17.9 Å². The zero-order valence-electron chi connectivity index (χ0n) is 22.0. The van der Waals surface area contributed by atoms with E-state index in [0.717, 1.165) is 47.8 Å². The van der Waals surface area contributed by atoms with E-state index in [2.05, 4.69) is 47.9 Å². The molecule has 36 heavy (non-hydrogen) atoms. The molecule has 0 amide bonds. The van der Waals surface area contributed by atoms with E-state index in [1.807, 2.05) is 48.5 Å². The number of benzene rings is 2. The van der Waals surface area contributed by atoms with Gasteiger partial charge in [0.1, 0.15) is 5.69 Å². The number of rotatable bonds is 12. The molecule has 1 N–H and O–H groups in total. The number of aromatic nitrogens is 1. The lowest BCUT2D eigenvalue weighted by molar-refractivity contribution is 0.00680. The fraction of sp³-hybridized carbons (Fsp3) is 0.500. The van der Waals surface area contributed by atoms with Crippen LogP contribution in [-0.4, -0.2) is 53.6 Å². The van der Waals surface area contributed by atoms with Gasteiger partial charge in [-0.2, -0.15) is 0 Å². The van der Waals surface area contributed by atoms with Crippen molar-refractivity contribution in [1.82, 2.24) is 10.1 Å². The van der Waals surface area contributed by atoms with Crippen molar-refractivity contribution in [3.05, 3.63) is 71.8 Å². The maximum Gasteiger partial charge on any atom is 0.232 e. The highest BCUT2D eigenvalue weighted by Crippen LogP contribution is 2.35. The summed E-state index contributed by atoms with van der Waals surface area (Å²) in [5.74, 6) is 1.34. The van der Waals surface area contributed by atoms with E-state index >= 15 is 0 Å². The van der Waals surface area contributed by atoms with Crippen LogP contribution in [0.25, 0.3) is 11.3 Å². The first-order valence-electron chi connectivity index (χ1n) is 13.3. The first-order chi connectivity index (χ1) is 17.5. The second-order valence-electron chi connectivity index (χ2n) is 10.5. The van der Waals surface area contributed by atoms with Crippen molar-refractivity contribution in [3.8, 4) is 11.3 Å². The van der Waals surface area contributed by atoms with E-state index in [0.29, 0.717) is 38.3 Å². The highest BCUT2D eigenvalue weighted by Gasteiger charge is 2.29. The second-order valence-corrected chi connectivity index (χ2v) is 10.5. The summed E-state index contributed by atoms with van der Waals surface area (Å²) in [6.07, 6.45) is 3.00. The van der Waals surface area contributed by atoms with Crippen LogP contribution in [0.1, 0.15) is 51.2 Å². The highest BCUT2D eigenvalue weighted by atomic mass is 16.5. The van der Waals surface area contributed by atoms with E-state index in [-0.39, 0.29) is 0 Å². The van der Waals surface area contributed by atoms with E-state index in [4.69, 9.17) is 9.26 Å². The predicted molar refractivity (Wildman–Crippen MR) is 145 cm³/mol. The molecule has 2 unspecified atom stereocenters. The van der Waals surface area contributed by atoms with Crippen molar-refractivity contribution < 1.29 is 14.4 Å². The maximum atomic E-state index is 10.9. The Labute approximate surface area is 215 Å². The normalized spacial score (nSPS) is 17.2. The molecule has 0 bridgehead atoms. The molecule has 194 valence electrons. The van der Waals surface area contributed by atoms with Gasteiger partial charge >= 0.3 is 0 Å². The Kier molecular flexibility index (Phi) is 9.56. The highest BCUT2D eigenvalue weighted by molar-refractivity contribution is 5.68. The van der Waals surface area contributed by atoms with Crippen molar-refractivity contribution >= 4 is 5.88 Å². The third-order valence-electron chi connectivity index (χ3n) is 6.77. The summed E-state index contributed by atoms with van der Waals surface area (Å²) in [6, 6.07) is 20.8. The Morgan fingerprint density at radius 1 is 1.06 bits per heavy atom. The molecule has 1 fully saturated rings. The van der Waals surface area contributed by atoms with Crippen molar-refractivity contribution in [3.63, 3.8) is 0 Å². The number of piperidine rings is 1. The van der Waals surface area contributed by atoms with Gasteiger partial charge in [0.25, 0.3) is 0 Å². The molecule has 2 aromatic carbocycles. The molecular weight excluding hydrogens is 450 g/mol. The van der Waals surface area contributed by atoms with Crippen LogP contribution >= 0.6 is 0 Å². The Bertz CT molecular complexity index is 1040. The number of nitrogens with zero attached hydrogens (tertiary/aromatic N) is 3. The molecule has 1 aromatic heterocycles. The minimum absolute atomic E-state index is 0.300. The predicted octanol–water partition coefficient (Wildman–Crippen LogP) is 5.76. The summed E-state index contributed by atoms with van der Waals surface area (Å²) in [7, 11) is 0. The van der Waals surface area contributed by atoms with Gasteiger partial charge in [-0.25, -0.2) is 0 Å². The standard InChI is InChI=1S/C30H41N3O3/c1-23(2)18-32(19-27(34)22-35-21-25-13-6-4-7-14-25)20-28-29(26-15-8-5-9-16-26)31-36-30(28)33-17-11-10-12-24(33)3/h4-9,13-16,23-24,27,34H,10-12,17-22H2,1-3H3. The Morgan fingerprint density at radius 2 is 1.78 bits per heavy atom. The second kappa shape index (κ2) is 13.0. The van der Waals surface area contributed by atoms with Crippen LogP contribution < -0.4 is 4.90 Å². The fourth-order valence-corrected chi connectivity index (χ4v) is 5.07. The molecule has 0 saturated carbocycles. The number of hydrogen-bond donors (Lipinski definition) is 1. The van der Waals surface area contributed by atoms with Gasteiger partial charge in [-0.05, 0) is 37.7 Å². The van der Waals surface area contributed by atoms with Gasteiger partial charge in [-0.15, -0.1) is 0 Å². The number of aliphatic hydroxyl groups is 1. The van der Waals surface area contributed by atoms with Crippen LogP contribution in [0.5, 0.6) is 0 Å². The third-order valence-corrected chi connectivity index (χ3v) is 6.77. The molecule has 4 rings (SSSR count). The summed E-state index contributed by atoms with van der Waals surface area (Å²) in [4.78, 5) is 4.70. The number of hydrogen-bond acceptors (Lipinski definition) is 6. The topological polar surface area (TPSA) is 62.0 Å². The average molecular weight is 492 g/mol. The third kappa shape index (κ3) is 7.19. The van der Waals surface area contributed by atoms with E-state index in [9.17, 15) is 5.11 Å². The van der Waals surface area contributed by atoms with Gasteiger partial charge in [0, 0.05) is 37.8 Å². The Hall–Kier alpha value is -2.67. The summed E-state index contributed by atoms with van der Waals surface area (Å²) in [5, 5.41) is 15.4. The van der Waals surface area contributed by atoms with Gasteiger partial charge in [0.2, 0.25) is 5.88 Å². The molecule has 2 heterocycles. The Morgan fingerprint density at radius 3 is 2.47 bits per heavy atom. The molecule has 6 heteroatoms. The van der Waals surface area contributed by atoms with E-state index in [1.165, 1.54) is 12.8 Å². The van der Waals surface area contributed by atoms with E-state index in [1.54, 1.807) is 0 Å². The molecule has 0 aliphatic carbocycles. The quantitative estimate of drug-likeness (QED) is 0.348. The first-order valence-corrected chi connectivity index (χ1v) is 13.3. The fourth-order valence-electron chi connectivity index (χ4n) is 5.07. The molecule has 0 spiro atoms. The lowest BCUT2D eigenvalue weighted by Crippen LogP contribution is -2.39. The lowest BCUT2D eigenvalue weighted by atomic mass is 10.0. The van der Waals surface area contributed by atoms with Gasteiger partial charge in [0.05, 0.1) is 24.9 Å². The summed E-state index contributed by atoms with van der Waals surface area (Å²) >= 11 is 0. The SMILES string of the molecule is CC(C)CN(Cc1c(-c2ccccc2)noc1N1CCCCC1C)CC(O)COCc1ccccc1. The Balaban J connectivity index is 1.51. The van der Waals surface area contributed by atoms with Crippen molar-refractivity contribution in [2.45, 2.75) is 65.3 Å². The summed E-state index contributed by atoms with van der Waals surface area (Å²) < 4.78 is 11.9. The van der Waals surface area contributed by atoms with Crippen molar-refractivity contribution in [1.29, 1.82) is 0 Å².